The molecule has 9 heteroatoms. The monoisotopic (exact) mass is 431 g/mol. The molecule has 1 saturated heterocycles. The maximum atomic E-state index is 14.9. The van der Waals surface area contributed by atoms with Crippen molar-refractivity contribution in [1.82, 2.24) is 14.3 Å². The lowest BCUT2D eigenvalue weighted by Gasteiger charge is -2.32. The summed E-state index contributed by atoms with van der Waals surface area (Å²) < 4.78 is 42.7. The fraction of sp³-hybridized carbons (Fsp3) is 0.364. The smallest absolute Gasteiger partial charge is 0.335 e. The zero-order chi connectivity index (χ0) is 22.1. The molecule has 1 aliphatic rings. The molecule has 1 aliphatic heterocycles. The highest BCUT2D eigenvalue weighted by atomic mass is 19.1. The number of hydrogen-bond donors (Lipinski definition) is 1. The second-order valence-electron chi connectivity index (χ2n) is 7.65. The number of halogens is 2. The number of carboxylic acid groups (broad SMARTS) is 1. The molecule has 0 spiro atoms. The lowest BCUT2D eigenvalue weighted by molar-refractivity contribution is -0.0624. The number of carbonyl (C=O) groups is 1. The van der Waals surface area contributed by atoms with E-state index in [2.05, 4.69) is 9.88 Å². The zero-order valence-electron chi connectivity index (χ0n) is 17.3. The standard InChI is InChI=1S/C22H23F2N3O4/c1-13-3-4-27-18(10-15-11-26(12-30-2)5-6-31-15)21(25-19(27)7-13)20-16(23)8-14(22(28)29)9-17(20)24/h3-4,7-9,15H,5-6,10-12H2,1-2H3,(H,28,29)/t15-/m0/s1. The predicted octanol–water partition coefficient (Wildman–Crippen LogP) is 3.13. The van der Waals surface area contributed by atoms with Crippen LogP contribution in [0.1, 0.15) is 21.6 Å². The van der Waals surface area contributed by atoms with Crippen molar-refractivity contribution in [1.29, 1.82) is 0 Å². The van der Waals surface area contributed by atoms with Gasteiger partial charge in [0.1, 0.15) is 17.3 Å². The minimum atomic E-state index is -1.40. The number of aromatic nitrogens is 2. The number of morpholine rings is 1. The molecule has 164 valence electrons. The summed E-state index contributed by atoms with van der Waals surface area (Å²) in [5, 5.41) is 9.10. The number of aromatic carboxylic acids is 1. The molecule has 31 heavy (non-hydrogen) atoms. The molecule has 0 aliphatic carbocycles. The van der Waals surface area contributed by atoms with Crippen LogP contribution in [0.4, 0.5) is 8.78 Å². The van der Waals surface area contributed by atoms with Crippen LogP contribution in [0.25, 0.3) is 16.9 Å². The quantitative estimate of drug-likeness (QED) is 0.646. The number of fused-ring (bicyclic) bond motifs is 1. The second-order valence-corrected chi connectivity index (χ2v) is 7.65. The SMILES string of the molecule is COCN1CCO[C@@H](Cc2c(-c3c(F)cc(C(=O)O)cc3F)nc3cc(C)ccn23)C1. The van der Waals surface area contributed by atoms with E-state index in [0.29, 0.717) is 37.6 Å². The Labute approximate surface area is 177 Å². The van der Waals surface area contributed by atoms with E-state index in [1.807, 2.05) is 25.3 Å². The molecule has 2 aromatic heterocycles. The van der Waals surface area contributed by atoms with Gasteiger partial charge < -0.3 is 19.0 Å². The maximum absolute atomic E-state index is 14.9. The van der Waals surface area contributed by atoms with Crippen molar-refractivity contribution in [2.75, 3.05) is 33.5 Å². The van der Waals surface area contributed by atoms with Crippen LogP contribution in [-0.2, 0) is 15.9 Å². The van der Waals surface area contributed by atoms with Gasteiger partial charge in [0.25, 0.3) is 0 Å². The second kappa shape index (κ2) is 8.70. The Morgan fingerprint density at radius 1 is 1.32 bits per heavy atom. The van der Waals surface area contributed by atoms with Gasteiger partial charge in [-0.2, -0.15) is 0 Å². The van der Waals surface area contributed by atoms with Crippen molar-refractivity contribution in [2.24, 2.45) is 0 Å². The van der Waals surface area contributed by atoms with E-state index >= 15 is 0 Å². The Bertz CT molecular complexity index is 1110. The molecule has 0 amide bonds. The molecule has 0 radical (unpaired) electrons. The van der Waals surface area contributed by atoms with Crippen LogP contribution in [0.2, 0.25) is 0 Å². The van der Waals surface area contributed by atoms with E-state index in [1.54, 1.807) is 11.5 Å². The molecule has 4 rings (SSSR count). The van der Waals surface area contributed by atoms with Gasteiger partial charge in [-0.15, -0.1) is 0 Å². The van der Waals surface area contributed by atoms with Crippen molar-refractivity contribution >= 4 is 11.6 Å². The van der Waals surface area contributed by atoms with Gasteiger partial charge in [0.2, 0.25) is 0 Å². The Morgan fingerprint density at radius 3 is 2.74 bits per heavy atom. The summed E-state index contributed by atoms with van der Waals surface area (Å²) in [7, 11) is 1.63. The predicted molar refractivity (Wildman–Crippen MR) is 109 cm³/mol. The third-order valence-electron chi connectivity index (χ3n) is 5.36. The summed E-state index contributed by atoms with van der Waals surface area (Å²) in [5.74, 6) is -3.34. The minimum Gasteiger partial charge on any atom is -0.478 e. The lowest BCUT2D eigenvalue weighted by atomic mass is 10.0. The first-order valence-corrected chi connectivity index (χ1v) is 9.90. The molecular formula is C22H23F2N3O4. The summed E-state index contributed by atoms with van der Waals surface area (Å²) in [6.45, 7) is 4.25. The van der Waals surface area contributed by atoms with Crippen LogP contribution in [0.5, 0.6) is 0 Å². The third kappa shape index (κ3) is 4.30. The summed E-state index contributed by atoms with van der Waals surface area (Å²) in [6.07, 6.45) is 1.97. The summed E-state index contributed by atoms with van der Waals surface area (Å²) in [6, 6.07) is 5.35. The van der Waals surface area contributed by atoms with E-state index in [-0.39, 0.29) is 17.4 Å². The fourth-order valence-electron chi connectivity index (χ4n) is 3.93. The zero-order valence-corrected chi connectivity index (χ0v) is 17.3. The number of nitrogens with zero attached hydrogens (tertiary/aromatic N) is 3. The third-order valence-corrected chi connectivity index (χ3v) is 5.36. The van der Waals surface area contributed by atoms with E-state index < -0.39 is 23.2 Å². The van der Waals surface area contributed by atoms with E-state index in [0.717, 1.165) is 24.2 Å². The average molecular weight is 431 g/mol. The minimum absolute atomic E-state index is 0.144. The number of ether oxygens (including phenoxy) is 2. The largest absolute Gasteiger partial charge is 0.478 e. The van der Waals surface area contributed by atoms with Crippen LogP contribution >= 0.6 is 0 Å². The van der Waals surface area contributed by atoms with Gasteiger partial charge in [0.15, 0.2) is 0 Å². The molecule has 1 fully saturated rings. The van der Waals surface area contributed by atoms with Gasteiger partial charge in [-0.25, -0.2) is 18.6 Å². The van der Waals surface area contributed by atoms with E-state index in [4.69, 9.17) is 14.6 Å². The van der Waals surface area contributed by atoms with Crippen molar-refractivity contribution in [3.05, 3.63) is 58.9 Å². The molecule has 3 aromatic rings. The number of rotatable bonds is 6. The molecule has 0 bridgehead atoms. The van der Waals surface area contributed by atoms with Gasteiger partial charge >= 0.3 is 5.97 Å². The van der Waals surface area contributed by atoms with Crippen LogP contribution in [0, 0.1) is 18.6 Å². The van der Waals surface area contributed by atoms with Crippen molar-refractivity contribution in [3.8, 4) is 11.3 Å². The Hall–Kier alpha value is -2.88. The van der Waals surface area contributed by atoms with Crippen LogP contribution in [0.15, 0.2) is 30.5 Å². The topological polar surface area (TPSA) is 76.3 Å². The van der Waals surface area contributed by atoms with Crippen LogP contribution in [-0.4, -0.2) is 65.0 Å². The number of pyridine rings is 1. The van der Waals surface area contributed by atoms with Gasteiger partial charge in [-0.1, -0.05) is 0 Å². The van der Waals surface area contributed by atoms with Gasteiger partial charge in [0, 0.05) is 32.8 Å². The van der Waals surface area contributed by atoms with Crippen molar-refractivity contribution in [3.63, 3.8) is 0 Å². The van der Waals surface area contributed by atoms with Gasteiger partial charge in [-0.3, -0.25) is 4.90 Å². The number of benzene rings is 1. The normalized spacial score (nSPS) is 17.4. The number of methoxy groups -OCH3 is 1. The average Bonchev–Trinajstić information content (AvgIpc) is 3.05. The highest BCUT2D eigenvalue weighted by Crippen LogP contribution is 2.32. The Morgan fingerprint density at radius 2 is 2.06 bits per heavy atom. The number of carboxylic acids is 1. The first kappa shape index (κ1) is 21.4. The highest BCUT2D eigenvalue weighted by Gasteiger charge is 2.27. The fourth-order valence-corrected chi connectivity index (χ4v) is 3.93. The number of hydrogen-bond acceptors (Lipinski definition) is 5. The molecular weight excluding hydrogens is 408 g/mol. The molecule has 0 saturated carbocycles. The molecule has 1 aromatic carbocycles. The first-order valence-electron chi connectivity index (χ1n) is 9.90. The van der Waals surface area contributed by atoms with Gasteiger partial charge in [0.05, 0.1) is 42.0 Å². The van der Waals surface area contributed by atoms with Crippen molar-refractivity contribution < 1.29 is 28.2 Å². The molecule has 0 unspecified atom stereocenters. The lowest BCUT2D eigenvalue weighted by Crippen LogP contribution is -2.44. The summed E-state index contributed by atoms with van der Waals surface area (Å²) >= 11 is 0. The number of imidazole rings is 1. The van der Waals surface area contributed by atoms with E-state index in [1.165, 1.54) is 0 Å². The Kier molecular flexibility index (Phi) is 5.99. The van der Waals surface area contributed by atoms with Crippen molar-refractivity contribution in [2.45, 2.75) is 19.4 Å². The maximum Gasteiger partial charge on any atom is 0.335 e. The molecule has 3 heterocycles. The molecule has 1 N–H and O–H groups in total. The van der Waals surface area contributed by atoms with E-state index in [9.17, 15) is 13.6 Å². The molecule has 1 atom stereocenters. The first-order chi connectivity index (χ1) is 14.9. The summed E-state index contributed by atoms with van der Waals surface area (Å²) in [4.78, 5) is 17.8. The Balaban J connectivity index is 1.80. The number of aryl methyl sites for hydroxylation is 1. The molecule has 7 nitrogen and oxygen atoms in total. The highest BCUT2D eigenvalue weighted by molar-refractivity contribution is 5.88. The van der Waals surface area contributed by atoms with Crippen LogP contribution < -0.4 is 0 Å². The summed E-state index contributed by atoms with van der Waals surface area (Å²) in [5.41, 5.74) is 1.45. The van der Waals surface area contributed by atoms with Gasteiger partial charge in [-0.05, 0) is 36.8 Å². The van der Waals surface area contributed by atoms with Crippen LogP contribution in [0.3, 0.4) is 0 Å².